The van der Waals surface area contributed by atoms with Gasteiger partial charge in [0.2, 0.25) is 11.8 Å². The molecular formula is C10H16N2O4. The third kappa shape index (κ3) is 3.38. The third-order valence-corrected chi connectivity index (χ3v) is 2.27. The lowest BCUT2D eigenvalue weighted by Gasteiger charge is -2.22. The van der Waals surface area contributed by atoms with Crippen LogP contribution in [-0.2, 0) is 14.4 Å². The Morgan fingerprint density at radius 1 is 1.12 bits per heavy atom. The van der Waals surface area contributed by atoms with Crippen molar-refractivity contribution in [3.8, 4) is 0 Å². The van der Waals surface area contributed by atoms with Gasteiger partial charge in [-0.1, -0.05) is 0 Å². The predicted octanol–water partition coefficient (Wildman–Crippen LogP) is -0.212. The number of amides is 2. The van der Waals surface area contributed by atoms with E-state index >= 15 is 0 Å². The second-order valence-electron chi connectivity index (χ2n) is 4.00. The molecule has 0 aromatic rings. The van der Waals surface area contributed by atoms with E-state index in [2.05, 4.69) is 5.32 Å². The van der Waals surface area contributed by atoms with Crippen molar-refractivity contribution in [1.82, 2.24) is 5.32 Å². The molecule has 0 saturated carbocycles. The zero-order chi connectivity index (χ0) is 13.1. The number of carboxylic acid groups (broad SMARTS) is 1. The van der Waals surface area contributed by atoms with E-state index in [9.17, 15) is 14.4 Å². The van der Waals surface area contributed by atoms with Crippen molar-refractivity contribution in [3.63, 3.8) is 0 Å². The van der Waals surface area contributed by atoms with Crippen LogP contribution in [0.1, 0.15) is 27.7 Å². The second-order valence-corrected chi connectivity index (χ2v) is 4.00. The number of carboxylic acids is 1. The van der Waals surface area contributed by atoms with Gasteiger partial charge in [0.1, 0.15) is 5.54 Å². The van der Waals surface area contributed by atoms with Gasteiger partial charge >= 0.3 is 5.97 Å². The number of carbonyl (C=O) groups is 3. The van der Waals surface area contributed by atoms with Gasteiger partial charge in [-0.2, -0.15) is 0 Å². The van der Waals surface area contributed by atoms with Crippen molar-refractivity contribution < 1.29 is 19.5 Å². The monoisotopic (exact) mass is 228 g/mol. The molecule has 0 radical (unpaired) electrons. The molecule has 0 fully saturated rings. The molecule has 2 amide bonds. The molecule has 4 N–H and O–H groups in total. The van der Waals surface area contributed by atoms with Crippen LogP contribution >= 0.6 is 0 Å². The first kappa shape index (κ1) is 14.2. The van der Waals surface area contributed by atoms with Crippen molar-refractivity contribution in [1.29, 1.82) is 0 Å². The Labute approximate surface area is 93.5 Å². The summed E-state index contributed by atoms with van der Waals surface area (Å²) in [6.45, 7) is 5.57. The maximum Gasteiger partial charge on any atom is 0.331 e. The number of nitrogens with one attached hydrogen (secondary N) is 1. The van der Waals surface area contributed by atoms with Crippen LogP contribution < -0.4 is 11.1 Å². The Kier molecular flexibility index (Phi) is 4.23. The highest BCUT2D eigenvalue weighted by Crippen LogP contribution is 2.07. The zero-order valence-corrected chi connectivity index (χ0v) is 9.75. The molecular weight excluding hydrogens is 212 g/mol. The summed E-state index contributed by atoms with van der Waals surface area (Å²) in [4.78, 5) is 33.1. The van der Waals surface area contributed by atoms with Crippen LogP contribution in [0, 0.1) is 0 Å². The fraction of sp³-hybridized carbons (Fsp3) is 0.500. The fourth-order valence-corrected chi connectivity index (χ4v) is 0.770. The van der Waals surface area contributed by atoms with Crippen LogP contribution in [0.25, 0.3) is 0 Å². The van der Waals surface area contributed by atoms with Crippen LogP contribution in [0.4, 0.5) is 0 Å². The van der Waals surface area contributed by atoms with Gasteiger partial charge in [0, 0.05) is 11.1 Å². The Morgan fingerprint density at radius 2 is 1.56 bits per heavy atom. The van der Waals surface area contributed by atoms with E-state index in [1.165, 1.54) is 27.7 Å². The normalized spacial score (nSPS) is 12.8. The van der Waals surface area contributed by atoms with E-state index in [1.54, 1.807) is 0 Å². The number of rotatable bonds is 4. The van der Waals surface area contributed by atoms with Gasteiger partial charge in [-0.3, -0.25) is 9.59 Å². The summed E-state index contributed by atoms with van der Waals surface area (Å²) in [5.74, 6) is -2.49. The number of hydrogen-bond acceptors (Lipinski definition) is 3. The van der Waals surface area contributed by atoms with Gasteiger partial charge in [-0.25, -0.2) is 4.79 Å². The largest absolute Gasteiger partial charge is 0.478 e. The molecule has 0 heterocycles. The Morgan fingerprint density at radius 3 is 1.88 bits per heavy atom. The molecule has 0 saturated heterocycles. The molecule has 0 aliphatic carbocycles. The molecule has 0 rings (SSSR count). The summed E-state index contributed by atoms with van der Waals surface area (Å²) in [7, 11) is 0. The average Bonchev–Trinajstić information content (AvgIpc) is 2.14. The number of nitrogens with two attached hydrogens (primary N) is 1. The van der Waals surface area contributed by atoms with Gasteiger partial charge in [-0.05, 0) is 27.7 Å². The Balaban J connectivity index is 4.93. The van der Waals surface area contributed by atoms with Gasteiger partial charge < -0.3 is 16.2 Å². The summed E-state index contributed by atoms with van der Waals surface area (Å²) in [5, 5.41) is 11.0. The Hall–Kier alpha value is -1.85. The SMILES string of the molecule is CC(C(=O)O)=C(C)C(=O)NC(C)(C)C(N)=O. The second kappa shape index (κ2) is 4.78. The van der Waals surface area contributed by atoms with E-state index in [0.29, 0.717) is 0 Å². The van der Waals surface area contributed by atoms with Gasteiger partial charge in [0.15, 0.2) is 0 Å². The van der Waals surface area contributed by atoms with E-state index in [-0.39, 0.29) is 11.1 Å². The molecule has 0 aromatic carbocycles. The van der Waals surface area contributed by atoms with Crippen LogP contribution in [-0.4, -0.2) is 28.4 Å². The summed E-state index contributed by atoms with van der Waals surface area (Å²) < 4.78 is 0. The lowest BCUT2D eigenvalue weighted by atomic mass is 10.0. The van der Waals surface area contributed by atoms with Crippen molar-refractivity contribution in [2.24, 2.45) is 5.73 Å². The highest BCUT2D eigenvalue weighted by atomic mass is 16.4. The number of hydrogen-bond donors (Lipinski definition) is 3. The standard InChI is InChI=1S/C10H16N2O4/c1-5(6(2)8(14)15)7(13)12-10(3,4)9(11)16/h1-4H3,(H2,11,16)(H,12,13)(H,14,15). The third-order valence-electron chi connectivity index (χ3n) is 2.27. The topological polar surface area (TPSA) is 109 Å². The molecule has 6 heteroatoms. The van der Waals surface area contributed by atoms with Crippen LogP contribution in [0.3, 0.4) is 0 Å². The van der Waals surface area contributed by atoms with Crippen LogP contribution in [0.15, 0.2) is 11.1 Å². The first-order valence-electron chi connectivity index (χ1n) is 4.62. The number of aliphatic carboxylic acids is 1. The van der Waals surface area contributed by atoms with E-state index in [1.807, 2.05) is 0 Å². The lowest BCUT2D eigenvalue weighted by molar-refractivity contribution is -0.133. The van der Waals surface area contributed by atoms with E-state index in [4.69, 9.17) is 10.8 Å². The molecule has 90 valence electrons. The van der Waals surface area contributed by atoms with E-state index < -0.39 is 23.3 Å². The molecule has 0 bridgehead atoms. The van der Waals surface area contributed by atoms with Crippen LogP contribution in [0.5, 0.6) is 0 Å². The minimum Gasteiger partial charge on any atom is -0.478 e. The highest BCUT2D eigenvalue weighted by Gasteiger charge is 2.28. The summed E-state index contributed by atoms with van der Waals surface area (Å²) in [5.41, 5.74) is 3.83. The summed E-state index contributed by atoms with van der Waals surface area (Å²) >= 11 is 0. The number of primary amides is 1. The molecule has 0 atom stereocenters. The number of carbonyl (C=O) groups excluding carboxylic acids is 2. The first-order chi connectivity index (χ1) is 7.09. The molecule has 0 spiro atoms. The maximum absolute atomic E-state index is 11.6. The Bertz CT molecular complexity index is 369. The van der Waals surface area contributed by atoms with Crippen molar-refractivity contribution >= 4 is 17.8 Å². The maximum atomic E-state index is 11.6. The minimum absolute atomic E-state index is 0.0434. The van der Waals surface area contributed by atoms with Crippen molar-refractivity contribution in [3.05, 3.63) is 11.1 Å². The molecule has 0 aliphatic rings. The fourth-order valence-electron chi connectivity index (χ4n) is 0.770. The van der Waals surface area contributed by atoms with Gasteiger partial charge in [0.25, 0.3) is 0 Å². The van der Waals surface area contributed by atoms with Gasteiger partial charge in [-0.15, -0.1) is 0 Å². The molecule has 0 aromatic heterocycles. The molecule has 0 unspecified atom stereocenters. The first-order valence-corrected chi connectivity index (χ1v) is 4.62. The zero-order valence-electron chi connectivity index (χ0n) is 9.75. The molecule has 0 aliphatic heterocycles. The smallest absolute Gasteiger partial charge is 0.331 e. The van der Waals surface area contributed by atoms with Crippen molar-refractivity contribution in [2.45, 2.75) is 33.2 Å². The van der Waals surface area contributed by atoms with E-state index in [0.717, 1.165) is 0 Å². The highest BCUT2D eigenvalue weighted by molar-refractivity contribution is 6.03. The minimum atomic E-state index is -1.21. The van der Waals surface area contributed by atoms with Crippen LogP contribution in [0.2, 0.25) is 0 Å². The molecule has 16 heavy (non-hydrogen) atoms. The lowest BCUT2D eigenvalue weighted by Crippen LogP contribution is -2.53. The average molecular weight is 228 g/mol. The van der Waals surface area contributed by atoms with Crippen molar-refractivity contribution in [2.75, 3.05) is 0 Å². The predicted molar refractivity (Wildman–Crippen MR) is 57.4 cm³/mol. The summed E-state index contributed by atoms with van der Waals surface area (Å²) in [6, 6.07) is 0. The van der Waals surface area contributed by atoms with Gasteiger partial charge in [0.05, 0.1) is 0 Å². The summed E-state index contributed by atoms with van der Waals surface area (Å²) in [6.07, 6.45) is 0. The quantitative estimate of drug-likeness (QED) is 0.578. The molecule has 6 nitrogen and oxygen atoms in total.